The molecule has 0 spiro atoms. The van der Waals surface area contributed by atoms with Crippen LogP contribution < -0.4 is 5.73 Å². The molecule has 0 unspecified atom stereocenters. The van der Waals surface area contributed by atoms with Crippen LogP contribution >= 0.6 is 0 Å². The van der Waals surface area contributed by atoms with Crippen LogP contribution in [0.3, 0.4) is 0 Å². The summed E-state index contributed by atoms with van der Waals surface area (Å²) in [6.45, 7) is 20.6. The highest BCUT2D eigenvalue weighted by atomic mass is 15.1. The quantitative estimate of drug-likeness (QED) is 0.478. The van der Waals surface area contributed by atoms with E-state index in [1.54, 1.807) is 0 Å². The van der Waals surface area contributed by atoms with Gasteiger partial charge in [-0.05, 0) is 30.7 Å². The molecule has 0 fully saturated rings. The van der Waals surface area contributed by atoms with Crippen LogP contribution in [0.5, 0.6) is 0 Å². The maximum Gasteiger partial charge on any atom is 0.000461 e. The van der Waals surface area contributed by atoms with Crippen LogP contribution in [-0.2, 0) is 0 Å². The third-order valence-electron chi connectivity index (χ3n) is 3.43. The topological polar surface area (TPSA) is 29.3 Å². The zero-order valence-corrected chi connectivity index (χ0v) is 16.8. The predicted octanol–water partition coefficient (Wildman–Crippen LogP) is 5.56. The first-order valence-electron chi connectivity index (χ1n) is 9.75. The number of rotatable bonds is 12. The lowest BCUT2D eigenvalue weighted by molar-refractivity contribution is 0.198. The second-order valence-electron chi connectivity index (χ2n) is 7.96. The number of hydrogen-bond donors (Lipinski definition) is 1. The van der Waals surface area contributed by atoms with Crippen molar-refractivity contribution in [1.82, 2.24) is 4.90 Å². The van der Waals surface area contributed by atoms with Gasteiger partial charge in [-0.2, -0.15) is 0 Å². The van der Waals surface area contributed by atoms with Gasteiger partial charge in [0, 0.05) is 19.6 Å². The van der Waals surface area contributed by atoms with Crippen LogP contribution in [0.2, 0.25) is 0 Å². The van der Waals surface area contributed by atoms with Crippen LogP contribution in [0.1, 0.15) is 87.0 Å². The van der Waals surface area contributed by atoms with E-state index in [1.807, 2.05) is 0 Å². The fraction of sp³-hybridized carbons (Fsp3) is 1.00. The van der Waals surface area contributed by atoms with E-state index in [0.717, 1.165) is 24.3 Å². The molecule has 0 aromatic rings. The SMILES string of the molecule is CC(C)CN(CC(C)C)CC(C)C.CCCCCCCCN. The van der Waals surface area contributed by atoms with Crippen molar-refractivity contribution in [2.75, 3.05) is 26.2 Å². The molecule has 0 aliphatic rings. The van der Waals surface area contributed by atoms with E-state index in [-0.39, 0.29) is 0 Å². The molecule has 0 aromatic carbocycles. The van der Waals surface area contributed by atoms with Gasteiger partial charge < -0.3 is 10.6 Å². The Morgan fingerprint density at radius 1 is 0.636 bits per heavy atom. The molecular weight excluding hydrogens is 268 g/mol. The molecule has 0 saturated heterocycles. The maximum atomic E-state index is 5.34. The van der Waals surface area contributed by atoms with Crippen molar-refractivity contribution in [2.24, 2.45) is 23.5 Å². The van der Waals surface area contributed by atoms with E-state index < -0.39 is 0 Å². The molecule has 2 nitrogen and oxygen atoms in total. The van der Waals surface area contributed by atoms with E-state index in [1.165, 1.54) is 58.2 Å². The number of unbranched alkanes of at least 4 members (excludes halogenated alkanes) is 5. The minimum atomic E-state index is 0.789. The third kappa shape index (κ3) is 22.2. The molecule has 0 atom stereocenters. The zero-order valence-electron chi connectivity index (χ0n) is 16.8. The highest BCUT2D eigenvalue weighted by molar-refractivity contribution is 4.64. The van der Waals surface area contributed by atoms with Crippen LogP contribution in [0, 0.1) is 17.8 Å². The summed E-state index contributed by atoms with van der Waals surface area (Å²) >= 11 is 0. The van der Waals surface area contributed by atoms with Gasteiger partial charge in [0.15, 0.2) is 0 Å². The van der Waals surface area contributed by atoms with Crippen LogP contribution in [-0.4, -0.2) is 31.1 Å². The minimum absolute atomic E-state index is 0.789. The van der Waals surface area contributed by atoms with Crippen molar-refractivity contribution in [2.45, 2.75) is 87.0 Å². The van der Waals surface area contributed by atoms with E-state index in [4.69, 9.17) is 5.73 Å². The maximum absolute atomic E-state index is 5.34. The molecule has 0 heterocycles. The van der Waals surface area contributed by atoms with Crippen molar-refractivity contribution in [3.63, 3.8) is 0 Å². The van der Waals surface area contributed by atoms with Crippen molar-refractivity contribution >= 4 is 0 Å². The lowest BCUT2D eigenvalue weighted by atomic mass is 10.1. The third-order valence-corrected chi connectivity index (χ3v) is 3.43. The lowest BCUT2D eigenvalue weighted by Crippen LogP contribution is -2.34. The summed E-state index contributed by atoms with van der Waals surface area (Å²) < 4.78 is 0. The van der Waals surface area contributed by atoms with Crippen LogP contribution in [0.15, 0.2) is 0 Å². The van der Waals surface area contributed by atoms with Gasteiger partial charge >= 0.3 is 0 Å². The molecule has 0 amide bonds. The second kappa shape index (κ2) is 17.3. The normalized spacial score (nSPS) is 11.5. The summed E-state index contributed by atoms with van der Waals surface area (Å²) in [6, 6.07) is 0. The first-order chi connectivity index (χ1) is 10.3. The smallest absolute Gasteiger partial charge is 0.000461 e. The Morgan fingerprint density at radius 2 is 1.00 bits per heavy atom. The molecule has 0 radical (unpaired) electrons. The van der Waals surface area contributed by atoms with Crippen LogP contribution in [0.25, 0.3) is 0 Å². The molecule has 2 N–H and O–H groups in total. The molecule has 0 aliphatic carbocycles. The van der Waals surface area contributed by atoms with Gasteiger partial charge in [-0.25, -0.2) is 0 Å². The molecule has 2 heteroatoms. The number of hydrogen-bond acceptors (Lipinski definition) is 2. The van der Waals surface area contributed by atoms with Gasteiger partial charge in [-0.1, -0.05) is 80.6 Å². The van der Waals surface area contributed by atoms with Crippen molar-refractivity contribution in [3.8, 4) is 0 Å². The van der Waals surface area contributed by atoms with Crippen LogP contribution in [0.4, 0.5) is 0 Å². The molecule has 0 aromatic heterocycles. The Kier molecular flexibility index (Phi) is 19.0. The van der Waals surface area contributed by atoms with E-state index in [0.29, 0.717) is 0 Å². The van der Waals surface area contributed by atoms with Crippen molar-refractivity contribution in [3.05, 3.63) is 0 Å². The summed E-state index contributed by atoms with van der Waals surface area (Å²) in [5.41, 5.74) is 5.34. The molecule has 0 saturated carbocycles. The van der Waals surface area contributed by atoms with Gasteiger partial charge in [0.05, 0.1) is 0 Å². The number of nitrogens with zero attached hydrogens (tertiary/aromatic N) is 1. The molecular formula is C20H46N2. The predicted molar refractivity (Wildman–Crippen MR) is 103 cm³/mol. The summed E-state index contributed by atoms with van der Waals surface area (Å²) in [5, 5.41) is 0. The average molecular weight is 315 g/mol. The Balaban J connectivity index is 0. The second-order valence-corrected chi connectivity index (χ2v) is 7.96. The van der Waals surface area contributed by atoms with Crippen molar-refractivity contribution < 1.29 is 0 Å². The largest absolute Gasteiger partial charge is 0.330 e. The summed E-state index contributed by atoms with van der Waals surface area (Å²) in [6.07, 6.45) is 8.05. The first-order valence-corrected chi connectivity index (χ1v) is 9.75. The highest BCUT2D eigenvalue weighted by Gasteiger charge is 2.10. The van der Waals surface area contributed by atoms with Gasteiger partial charge in [0.1, 0.15) is 0 Å². The number of nitrogens with two attached hydrogens (primary N) is 1. The molecule has 0 bridgehead atoms. The molecule has 0 aliphatic heterocycles. The van der Waals surface area contributed by atoms with E-state index in [2.05, 4.69) is 53.4 Å². The molecule has 136 valence electrons. The lowest BCUT2D eigenvalue weighted by Gasteiger charge is -2.27. The molecule has 0 rings (SSSR count). The zero-order chi connectivity index (χ0) is 17.4. The van der Waals surface area contributed by atoms with Gasteiger partial charge in [-0.3, -0.25) is 0 Å². The summed E-state index contributed by atoms with van der Waals surface area (Å²) in [4.78, 5) is 2.60. The highest BCUT2D eigenvalue weighted by Crippen LogP contribution is 2.06. The standard InChI is InChI=1S/C12H27N.C8H19N/c1-10(2)7-13(8-11(3)4)9-12(5)6;1-2-3-4-5-6-7-8-9/h10-12H,7-9H2,1-6H3;2-9H2,1H3. The van der Waals surface area contributed by atoms with E-state index >= 15 is 0 Å². The van der Waals surface area contributed by atoms with Crippen molar-refractivity contribution in [1.29, 1.82) is 0 Å². The Bertz CT molecular complexity index is 170. The molecule has 22 heavy (non-hydrogen) atoms. The minimum Gasteiger partial charge on any atom is -0.330 e. The fourth-order valence-electron chi connectivity index (χ4n) is 2.70. The van der Waals surface area contributed by atoms with Gasteiger partial charge in [-0.15, -0.1) is 0 Å². The van der Waals surface area contributed by atoms with E-state index in [9.17, 15) is 0 Å². The van der Waals surface area contributed by atoms with Gasteiger partial charge in [0.25, 0.3) is 0 Å². The van der Waals surface area contributed by atoms with Gasteiger partial charge in [0.2, 0.25) is 0 Å². The fourth-order valence-corrected chi connectivity index (χ4v) is 2.70. The summed E-state index contributed by atoms with van der Waals surface area (Å²) in [7, 11) is 0. The summed E-state index contributed by atoms with van der Waals surface area (Å²) in [5.74, 6) is 2.37. The first kappa shape index (κ1) is 24.2. The Labute approximate surface area is 142 Å². The Hall–Kier alpha value is -0.0800. The monoisotopic (exact) mass is 314 g/mol. The average Bonchev–Trinajstić information content (AvgIpc) is 2.37. The Morgan fingerprint density at radius 3 is 1.32 bits per heavy atom.